The fourth-order valence-corrected chi connectivity index (χ4v) is 4.15. The van der Waals surface area contributed by atoms with Gasteiger partial charge in [-0.15, -0.1) is 10.2 Å². The molecule has 0 aliphatic carbocycles. The first kappa shape index (κ1) is 18.2. The van der Waals surface area contributed by atoms with Crippen molar-refractivity contribution in [3.8, 4) is 17.0 Å². The molecule has 0 spiro atoms. The third-order valence-electron chi connectivity index (χ3n) is 4.01. The zero-order valence-corrected chi connectivity index (χ0v) is 16.1. The third-order valence-corrected chi connectivity index (χ3v) is 5.65. The van der Waals surface area contributed by atoms with Gasteiger partial charge in [0.25, 0.3) is 10.0 Å². The van der Waals surface area contributed by atoms with E-state index < -0.39 is 10.0 Å². The van der Waals surface area contributed by atoms with E-state index in [4.69, 9.17) is 16.3 Å². The maximum absolute atomic E-state index is 12.7. The van der Waals surface area contributed by atoms with E-state index in [2.05, 4.69) is 20.0 Å². The highest BCUT2D eigenvalue weighted by Gasteiger charge is 2.20. The average Bonchev–Trinajstić information content (AvgIpc) is 3.16. The molecule has 0 unspecified atom stereocenters. The standard InChI is InChI=1S/C18H14ClN5O3S/c1-27-16-8-4-13(19)10-17(16)28(25,26)23-14-5-2-12(3-6-14)15-7-9-18-21-20-11-24(18)22-15/h2-11,23H,1H3. The maximum atomic E-state index is 12.7. The Hall–Kier alpha value is -3.17. The monoisotopic (exact) mass is 415 g/mol. The number of anilines is 1. The highest BCUT2D eigenvalue weighted by molar-refractivity contribution is 7.92. The van der Waals surface area contributed by atoms with E-state index in [0.29, 0.717) is 22.1 Å². The predicted octanol–water partition coefficient (Wildman–Crippen LogP) is 3.25. The van der Waals surface area contributed by atoms with Crippen LogP contribution in [-0.4, -0.2) is 35.3 Å². The van der Waals surface area contributed by atoms with E-state index in [1.165, 1.54) is 25.6 Å². The molecule has 0 saturated carbocycles. The van der Waals surface area contributed by atoms with Gasteiger partial charge in [-0.1, -0.05) is 23.7 Å². The lowest BCUT2D eigenvalue weighted by molar-refractivity contribution is 0.403. The summed E-state index contributed by atoms with van der Waals surface area (Å²) in [7, 11) is -2.47. The maximum Gasteiger partial charge on any atom is 0.265 e. The van der Waals surface area contributed by atoms with Crippen molar-refractivity contribution in [2.24, 2.45) is 0 Å². The van der Waals surface area contributed by atoms with Gasteiger partial charge in [-0.05, 0) is 42.5 Å². The van der Waals surface area contributed by atoms with Crippen LogP contribution in [0.2, 0.25) is 5.02 Å². The van der Waals surface area contributed by atoms with E-state index >= 15 is 0 Å². The van der Waals surface area contributed by atoms with Crippen LogP contribution in [0.5, 0.6) is 5.75 Å². The van der Waals surface area contributed by atoms with Crippen LogP contribution in [0.3, 0.4) is 0 Å². The van der Waals surface area contributed by atoms with Gasteiger partial charge in [-0.25, -0.2) is 8.42 Å². The summed E-state index contributed by atoms with van der Waals surface area (Å²) in [6.45, 7) is 0. The first-order valence-electron chi connectivity index (χ1n) is 8.10. The van der Waals surface area contributed by atoms with Crippen molar-refractivity contribution in [3.63, 3.8) is 0 Å². The average molecular weight is 416 g/mol. The third kappa shape index (κ3) is 3.49. The SMILES string of the molecule is COc1ccc(Cl)cc1S(=O)(=O)Nc1ccc(-c2ccc3nncn3n2)cc1. The summed E-state index contributed by atoms with van der Waals surface area (Å²) in [5, 5.41) is 12.4. The highest BCUT2D eigenvalue weighted by atomic mass is 35.5. The van der Waals surface area contributed by atoms with Crippen molar-refractivity contribution in [2.75, 3.05) is 11.8 Å². The molecule has 0 bridgehead atoms. The number of sulfonamides is 1. The smallest absolute Gasteiger partial charge is 0.265 e. The molecule has 2 aromatic carbocycles. The Kier molecular flexibility index (Phi) is 4.62. The van der Waals surface area contributed by atoms with Crippen molar-refractivity contribution < 1.29 is 13.2 Å². The molecule has 0 saturated heterocycles. The number of halogens is 1. The quantitative estimate of drug-likeness (QED) is 0.537. The fraction of sp³-hybridized carbons (Fsp3) is 0.0556. The van der Waals surface area contributed by atoms with Crippen molar-refractivity contribution in [1.29, 1.82) is 0 Å². The Morgan fingerprint density at radius 2 is 1.86 bits per heavy atom. The van der Waals surface area contributed by atoms with Crippen LogP contribution < -0.4 is 9.46 Å². The Balaban J connectivity index is 1.61. The van der Waals surface area contributed by atoms with E-state index in [1.54, 1.807) is 40.9 Å². The number of benzene rings is 2. The van der Waals surface area contributed by atoms with E-state index in [0.717, 1.165) is 5.56 Å². The van der Waals surface area contributed by atoms with Crippen LogP contribution in [0.4, 0.5) is 5.69 Å². The number of hydrogen-bond acceptors (Lipinski definition) is 6. The van der Waals surface area contributed by atoms with Gasteiger partial charge in [-0.2, -0.15) is 9.61 Å². The van der Waals surface area contributed by atoms with Gasteiger partial charge in [-0.3, -0.25) is 4.72 Å². The molecule has 2 heterocycles. The van der Waals surface area contributed by atoms with Gasteiger partial charge in [0.15, 0.2) is 5.65 Å². The van der Waals surface area contributed by atoms with Crippen molar-refractivity contribution in [2.45, 2.75) is 4.90 Å². The second-order valence-corrected chi connectivity index (χ2v) is 7.92. The second kappa shape index (κ2) is 7.10. The van der Waals surface area contributed by atoms with Crippen LogP contribution in [-0.2, 0) is 10.0 Å². The summed E-state index contributed by atoms with van der Waals surface area (Å²) in [6, 6.07) is 14.9. The molecule has 142 valence electrons. The molecule has 0 amide bonds. The number of aromatic nitrogens is 4. The van der Waals surface area contributed by atoms with E-state index in [9.17, 15) is 8.42 Å². The lowest BCUT2D eigenvalue weighted by Gasteiger charge is -2.12. The Morgan fingerprint density at radius 1 is 1.07 bits per heavy atom. The summed E-state index contributed by atoms with van der Waals surface area (Å²) in [5.41, 5.74) is 2.57. The molecule has 4 aromatic rings. The molecule has 4 rings (SSSR count). The van der Waals surface area contributed by atoms with Crippen LogP contribution >= 0.6 is 11.6 Å². The molecule has 0 aliphatic heterocycles. The van der Waals surface area contributed by atoms with E-state index in [-0.39, 0.29) is 10.6 Å². The molecule has 2 aromatic heterocycles. The highest BCUT2D eigenvalue weighted by Crippen LogP contribution is 2.29. The van der Waals surface area contributed by atoms with Crippen LogP contribution in [0.25, 0.3) is 16.9 Å². The summed E-state index contributed by atoms with van der Waals surface area (Å²) in [5.74, 6) is 0.208. The van der Waals surface area contributed by atoms with Crippen LogP contribution in [0.1, 0.15) is 0 Å². The van der Waals surface area contributed by atoms with Crippen molar-refractivity contribution in [3.05, 3.63) is 65.9 Å². The molecule has 0 atom stereocenters. The minimum atomic E-state index is -3.87. The first-order valence-corrected chi connectivity index (χ1v) is 9.96. The van der Waals surface area contributed by atoms with Gasteiger partial charge >= 0.3 is 0 Å². The molecule has 28 heavy (non-hydrogen) atoms. The topological polar surface area (TPSA) is 98.5 Å². The minimum Gasteiger partial charge on any atom is -0.495 e. The summed E-state index contributed by atoms with van der Waals surface area (Å²) >= 11 is 5.94. The number of nitrogens with zero attached hydrogens (tertiary/aromatic N) is 4. The number of rotatable bonds is 5. The Bertz CT molecular complexity index is 1260. The van der Waals surface area contributed by atoms with Crippen molar-refractivity contribution >= 4 is 33.0 Å². The summed E-state index contributed by atoms with van der Waals surface area (Å²) < 4.78 is 34.7. The van der Waals surface area contributed by atoms with Gasteiger partial charge in [0.2, 0.25) is 0 Å². The number of fused-ring (bicyclic) bond motifs is 1. The molecule has 1 N–H and O–H groups in total. The zero-order chi connectivity index (χ0) is 19.7. The van der Waals surface area contributed by atoms with Crippen LogP contribution in [0.15, 0.2) is 65.8 Å². The van der Waals surface area contributed by atoms with Gasteiger partial charge in [0.05, 0.1) is 12.8 Å². The number of ether oxygens (including phenoxy) is 1. The molecule has 8 nitrogen and oxygen atoms in total. The zero-order valence-electron chi connectivity index (χ0n) is 14.6. The second-order valence-electron chi connectivity index (χ2n) is 5.83. The largest absolute Gasteiger partial charge is 0.495 e. The van der Waals surface area contributed by atoms with Gasteiger partial charge in [0, 0.05) is 16.3 Å². The van der Waals surface area contributed by atoms with Gasteiger partial charge in [0.1, 0.15) is 17.0 Å². The lowest BCUT2D eigenvalue weighted by atomic mass is 10.1. The Morgan fingerprint density at radius 3 is 2.61 bits per heavy atom. The minimum absolute atomic E-state index is 0.0358. The summed E-state index contributed by atoms with van der Waals surface area (Å²) in [6.07, 6.45) is 1.51. The molecule has 10 heteroatoms. The van der Waals surface area contributed by atoms with Crippen molar-refractivity contribution in [1.82, 2.24) is 19.8 Å². The normalized spacial score (nSPS) is 11.5. The van der Waals surface area contributed by atoms with Crippen LogP contribution in [0, 0.1) is 0 Å². The number of methoxy groups -OCH3 is 1. The number of hydrogen-bond donors (Lipinski definition) is 1. The van der Waals surface area contributed by atoms with E-state index in [1.807, 2.05) is 6.07 Å². The molecule has 0 radical (unpaired) electrons. The fourth-order valence-electron chi connectivity index (χ4n) is 2.66. The number of nitrogens with one attached hydrogen (secondary N) is 1. The van der Waals surface area contributed by atoms with Gasteiger partial charge < -0.3 is 4.74 Å². The predicted molar refractivity (Wildman–Crippen MR) is 105 cm³/mol. The molecule has 0 aliphatic rings. The molecular formula is C18H14ClN5O3S. The lowest BCUT2D eigenvalue weighted by Crippen LogP contribution is -2.14. The summed E-state index contributed by atoms with van der Waals surface area (Å²) in [4.78, 5) is -0.0358. The first-order chi connectivity index (χ1) is 13.5. The molecular weight excluding hydrogens is 402 g/mol. The molecule has 0 fully saturated rings. The Labute approximate surface area is 165 Å².